The van der Waals surface area contributed by atoms with Crippen molar-refractivity contribution in [3.8, 4) is 0 Å². The SMILES string of the molecule is O=S(=O)(Nc1cc(C2CC2)[nH]n1)c1ccc(Cl)s1. The number of nitrogens with zero attached hydrogens (tertiary/aromatic N) is 1. The van der Waals surface area contributed by atoms with E-state index in [2.05, 4.69) is 14.9 Å². The Labute approximate surface area is 113 Å². The maximum atomic E-state index is 12.0. The third-order valence-corrected chi connectivity index (χ3v) is 5.74. The zero-order valence-electron chi connectivity index (χ0n) is 9.18. The number of hydrogen-bond acceptors (Lipinski definition) is 4. The Kier molecular flexibility index (Phi) is 2.84. The number of rotatable bonds is 4. The number of halogens is 1. The molecule has 2 N–H and O–H groups in total. The number of thiophene rings is 1. The molecule has 0 unspecified atom stereocenters. The minimum atomic E-state index is -3.58. The number of nitrogens with one attached hydrogen (secondary N) is 2. The fourth-order valence-corrected chi connectivity index (χ4v) is 4.10. The number of H-pyrrole nitrogens is 1. The van der Waals surface area contributed by atoms with Crippen molar-refractivity contribution in [2.75, 3.05) is 4.72 Å². The lowest BCUT2D eigenvalue weighted by molar-refractivity contribution is 0.603. The van der Waals surface area contributed by atoms with Crippen molar-refractivity contribution in [2.45, 2.75) is 23.0 Å². The molecule has 1 aliphatic rings. The third kappa shape index (κ3) is 2.38. The summed E-state index contributed by atoms with van der Waals surface area (Å²) >= 11 is 6.74. The van der Waals surface area contributed by atoms with Gasteiger partial charge in [0.1, 0.15) is 4.21 Å². The highest BCUT2D eigenvalue weighted by atomic mass is 35.5. The third-order valence-electron chi connectivity index (χ3n) is 2.67. The van der Waals surface area contributed by atoms with Crippen LogP contribution in [0.5, 0.6) is 0 Å². The summed E-state index contributed by atoms with van der Waals surface area (Å²) in [4.78, 5) is 0. The number of hydrogen-bond donors (Lipinski definition) is 2. The molecule has 0 aliphatic heterocycles. The average molecular weight is 304 g/mol. The zero-order valence-corrected chi connectivity index (χ0v) is 11.6. The molecule has 0 saturated heterocycles. The minimum absolute atomic E-state index is 0.184. The van der Waals surface area contributed by atoms with Crippen LogP contribution in [0.25, 0.3) is 0 Å². The quantitative estimate of drug-likeness (QED) is 0.912. The van der Waals surface area contributed by atoms with Gasteiger partial charge < -0.3 is 0 Å². The second-order valence-corrected chi connectivity index (χ2v) is 7.77. The second kappa shape index (κ2) is 4.25. The molecule has 5 nitrogen and oxygen atoms in total. The van der Waals surface area contributed by atoms with E-state index >= 15 is 0 Å². The van der Waals surface area contributed by atoms with Gasteiger partial charge in [0.2, 0.25) is 0 Å². The van der Waals surface area contributed by atoms with Crippen molar-refractivity contribution >= 4 is 38.8 Å². The molecule has 1 saturated carbocycles. The average Bonchev–Trinajstić information content (AvgIpc) is 2.89. The lowest BCUT2D eigenvalue weighted by Crippen LogP contribution is -2.11. The maximum absolute atomic E-state index is 12.0. The van der Waals surface area contributed by atoms with Crippen LogP contribution in [-0.4, -0.2) is 18.6 Å². The van der Waals surface area contributed by atoms with E-state index in [1.807, 2.05) is 0 Å². The van der Waals surface area contributed by atoms with Gasteiger partial charge in [-0.3, -0.25) is 9.82 Å². The van der Waals surface area contributed by atoms with E-state index in [1.165, 1.54) is 6.07 Å². The highest BCUT2D eigenvalue weighted by molar-refractivity contribution is 7.94. The Balaban J connectivity index is 1.81. The Bertz CT molecular complexity index is 673. The number of anilines is 1. The van der Waals surface area contributed by atoms with E-state index in [0.29, 0.717) is 16.1 Å². The lowest BCUT2D eigenvalue weighted by Gasteiger charge is -2.01. The van der Waals surface area contributed by atoms with Crippen LogP contribution in [0.1, 0.15) is 24.5 Å². The molecule has 96 valence electrons. The minimum Gasteiger partial charge on any atom is -0.280 e. The summed E-state index contributed by atoms with van der Waals surface area (Å²) in [5.74, 6) is 0.827. The Morgan fingerprint density at radius 1 is 1.44 bits per heavy atom. The normalized spacial score (nSPS) is 15.8. The predicted molar refractivity (Wildman–Crippen MR) is 70.7 cm³/mol. The molecule has 0 atom stereocenters. The fourth-order valence-electron chi connectivity index (χ4n) is 1.62. The van der Waals surface area contributed by atoms with Crippen LogP contribution in [0.3, 0.4) is 0 Å². The largest absolute Gasteiger partial charge is 0.280 e. The van der Waals surface area contributed by atoms with Crippen molar-refractivity contribution in [3.05, 3.63) is 28.2 Å². The van der Waals surface area contributed by atoms with Crippen molar-refractivity contribution in [3.63, 3.8) is 0 Å². The zero-order chi connectivity index (χ0) is 12.8. The monoisotopic (exact) mass is 303 g/mol. The van der Waals surface area contributed by atoms with Crippen molar-refractivity contribution in [2.24, 2.45) is 0 Å². The van der Waals surface area contributed by atoms with Gasteiger partial charge in [0.05, 0.1) is 4.34 Å². The Morgan fingerprint density at radius 3 is 2.83 bits per heavy atom. The topological polar surface area (TPSA) is 74.8 Å². The predicted octanol–water partition coefficient (Wildman–Crippen LogP) is 2.80. The van der Waals surface area contributed by atoms with E-state index < -0.39 is 10.0 Å². The standard InChI is InChI=1S/C10H10ClN3O2S2/c11-8-3-4-10(17-8)18(15,16)14-9-5-7(12-13-9)6-1-2-6/h3-6H,1-2H2,(H2,12,13,14). The van der Waals surface area contributed by atoms with Crippen molar-refractivity contribution in [1.29, 1.82) is 0 Å². The molecule has 1 fully saturated rings. The lowest BCUT2D eigenvalue weighted by atomic mass is 10.3. The van der Waals surface area contributed by atoms with Crippen LogP contribution < -0.4 is 4.72 Å². The first-order chi connectivity index (χ1) is 8.54. The van der Waals surface area contributed by atoms with E-state index in [1.54, 1.807) is 12.1 Å². The molecule has 3 rings (SSSR count). The Hall–Kier alpha value is -1.05. The number of aromatic amines is 1. The first-order valence-corrected chi connectivity index (χ1v) is 8.06. The van der Waals surface area contributed by atoms with Crippen LogP contribution in [0.2, 0.25) is 4.34 Å². The first kappa shape index (κ1) is 12.0. The summed E-state index contributed by atoms with van der Waals surface area (Å²) in [5, 5.41) is 6.80. The van der Waals surface area contributed by atoms with Gasteiger partial charge in [0, 0.05) is 17.7 Å². The summed E-state index contributed by atoms with van der Waals surface area (Å²) in [5.41, 5.74) is 0.983. The molecule has 2 aromatic heterocycles. The van der Waals surface area contributed by atoms with Gasteiger partial charge in [0.15, 0.2) is 5.82 Å². The fraction of sp³-hybridized carbons (Fsp3) is 0.300. The first-order valence-electron chi connectivity index (χ1n) is 5.38. The molecular formula is C10H10ClN3O2S2. The molecule has 0 amide bonds. The summed E-state index contributed by atoms with van der Waals surface area (Å²) in [7, 11) is -3.58. The number of aromatic nitrogens is 2. The van der Waals surface area contributed by atoms with E-state index in [9.17, 15) is 8.42 Å². The molecule has 0 spiro atoms. The van der Waals surface area contributed by atoms with Gasteiger partial charge in [-0.1, -0.05) is 11.6 Å². The molecule has 8 heteroatoms. The molecule has 1 aliphatic carbocycles. The van der Waals surface area contributed by atoms with Crippen LogP contribution in [0, 0.1) is 0 Å². The van der Waals surface area contributed by atoms with Gasteiger partial charge in [-0.05, 0) is 25.0 Å². The highest BCUT2D eigenvalue weighted by Gasteiger charge is 2.26. The maximum Gasteiger partial charge on any atom is 0.272 e. The highest BCUT2D eigenvalue weighted by Crippen LogP contribution is 2.39. The van der Waals surface area contributed by atoms with Gasteiger partial charge in [-0.2, -0.15) is 5.10 Å². The molecule has 0 radical (unpaired) electrons. The van der Waals surface area contributed by atoms with E-state index in [-0.39, 0.29) is 4.21 Å². The summed E-state index contributed by atoms with van der Waals surface area (Å²) in [6.45, 7) is 0. The van der Waals surface area contributed by atoms with Gasteiger partial charge >= 0.3 is 0 Å². The summed E-state index contributed by atoms with van der Waals surface area (Å²) < 4.78 is 27.0. The smallest absolute Gasteiger partial charge is 0.272 e. The second-order valence-electron chi connectivity index (χ2n) is 4.15. The van der Waals surface area contributed by atoms with Gasteiger partial charge in [0.25, 0.3) is 10.0 Å². The molecular weight excluding hydrogens is 294 g/mol. The molecule has 2 heterocycles. The van der Waals surface area contributed by atoms with Crippen molar-refractivity contribution < 1.29 is 8.42 Å². The van der Waals surface area contributed by atoms with Gasteiger partial charge in [-0.15, -0.1) is 11.3 Å². The van der Waals surface area contributed by atoms with Crippen molar-refractivity contribution in [1.82, 2.24) is 10.2 Å². The van der Waals surface area contributed by atoms with Gasteiger partial charge in [-0.25, -0.2) is 8.42 Å². The van der Waals surface area contributed by atoms with E-state index in [0.717, 1.165) is 29.9 Å². The van der Waals surface area contributed by atoms with Crippen LogP contribution in [0.4, 0.5) is 5.82 Å². The van der Waals surface area contributed by atoms with E-state index in [4.69, 9.17) is 11.6 Å². The van der Waals surface area contributed by atoms with Crippen LogP contribution in [-0.2, 0) is 10.0 Å². The van der Waals surface area contributed by atoms with Crippen LogP contribution >= 0.6 is 22.9 Å². The molecule has 18 heavy (non-hydrogen) atoms. The van der Waals surface area contributed by atoms with Crippen LogP contribution in [0.15, 0.2) is 22.4 Å². The number of sulfonamides is 1. The summed E-state index contributed by atoms with van der Waals surface area (Å²) in [6, 6.07) is 4.77. The Morgan fingerprint density at radius 2 is 2.22 bits per heavy atom. The molecule has 2 aromatic rings. The summed E-state index contributed by atoms with van der Waals surface area (Å²) in [6.07, 6.45) is 2.27. The molecule has 0 aromatic carbocycles. The molecule has 0 bridgehead atoms.